The molecule has 0 heterocycles. The van der Waals surface area contributed by atoms with Gasteiger partial charge in [-0.1, -0.05) is 20.8 Å². The molecule has 0 spiro atoms. The Kier molecular flexibility index (Phi) is 4.96. The minimum atomic E-state index is 0.612. The summed E-state index contributed by atoms with van der Waals surface area (Å²) in [5.41, 5.74) is 7.58. The highest BCUT2D eigenvalue weighted by molar-refractivity contribution is 5.59. The summed E-state index contributed by atoms with van der Waals surface area (Å²) >= 11 is 0. The largest absolute Gasteiger partial charge is 0.493 e. The lowest BCUT2D eigenvalue weighted by Gasteiger charge is -2.12. The highest BCUT2D eigenvalue weighted by Crippen LogP contribution is 2.22. The van der Waals surface area contributed by atoms with Gasteiger partial charge in [0.25, 0.3) is 0 Å². The van der Waals surface area contributed by atoms with Crippen LogP contribution in [0.3, 0.4) is 0 Å². The summed E-state index contributed by atoms with van der Waals surface area (Å²) in [7, 11) is 0. The van der Waals surface area contributed by atoms with Crippen molar-refractivity contribution in [3.05, 3.63) is 18.2 Å². The smallest absolute Gasteiger partial charge is 0.123 e. The predicted octanol–water partition coefficient (Wildman–Crippen LogP) is 3.13. The first kappa shape index (κ1) is 12.7. The topological polar surface area (TPSA) is 47.3 Å². The number of hydrogen-bond donors (Lipinski definition) is 2. The number of nitrogens with one attached hydrogen (secondary N) is 1. The van der Waals surface area contributed by atoms with Crippen molar-refractivity contribution < 1.29 is 4.74 Å². The van der Waals surface area contributed by atoms with Crippen LogP contribution in [0.4, 0.5) is 11.4 Å². The van der Waals surface area contributed by atoms with E-state index < -0.39 is 0 Å². The minimum Gasteiger partial charge on any atom is -0.493 e. The number of ether oxygens (including phenoxy) is 1. The Morgan fingerprint density at radius 2 is 2.06 bits per heavy atom. The van der Waals surface area contributed by atoms with Crippen LogP contribution in [0.1, 0.15) is 27.2 Å². The summed E-state index contributed by atoms with van der Waals surface area (Å²) in [6.45, 7) is 8.11. The van der Waals surface area contributed by atoms with Gasteiger partial charge in [-0.25, -0.2) is 0 Å². The fourth-order valence-corrected chi connectivity index (χ4v) is 1.35. The van der Waals surface area contributed by atoms with E-state index in [1.54, 1.807) is 0 Å². The van der Waals surface area contributed by atoms with Gasteiger partial charge in [0, 0.05) is 30.1 Å². The summed E-state index contributed by atoms with van der Waals surface area (Å²) in [6, 6.07) is 5.78. The first-order chi connectivity index (χ1) is 7.61. The van der Waals surface area contributed by atoms with E-state index in [-0.39, 0.29) is 0 Å². The summed E-state index contributed by atoms with van der Waals surface area (Å²) in [4.78, 5) is 0. The number of nitrogens with two attached hydrogens (primary N) is 1. The molecule has 0 fully saturated rings. The number of rotatable bonds is 6. The zero-order valence-electron chi connectivity index (χ0n) is 10.4. The van der Waals surface area contributed by atoms with Gasteiger partial charge in [0.05, 0.1) is 6.61 Å². The second-order valence-electron chi connectivity index (χ2n) is 4.41. The molecule has 90 valence electrons. The molecule has 0 radical (unpaired) electrons. The van der Waals surface area contributed by atoms with Crippen LogP contribution < -0.4 is 15.8 Å². The summed E-state index contributed by atoms with van der Waals surface area (Å²) in [5, 5.41) is 3.34. The Morgan fingerprint density at radius 3 is 2.69 bits per heavy atom. The zero-order valence-corrected chi connectivity index (χ0v) is 10.4. The molecule has 0 bridgehead atoms. The van der Waals surface area contributed by atoms with Crippen molar-refractivity contribution in [3.63, 3.8) is 0 Å². The number of nitrogen functional groups attached to an aromatic ring is 1. The average Bonchev–Trinajstić information content (AvgIpc) is 2.23. The lowest BCUT2D eigenvalue weighted by atomic mass is 10.2. The molecule has 0 aliphatic rings. The van der Waals surface area contributed by atoms with E-state index in [0.717, 1.165) is 36.7 Å². The van der Waals surface area contributed by atoms with Crippen molar-refractivity contribution in [1.29, 1.82) is 0 Å². The molecule has 3 heteroatoms. The average molecular weight is 222 g/mol. The van der Waals surface area contributed by atoms with Crippen LogP contribution in [0.25, 0.3) is 0 Å². The summed E-state index contributed by atoms with van der Waals surface area (Å²) in [5.74, 6) is 1.45. The van der Waals surface area contributed by atoms with Gasteiger partial charge in [-0.15, -0.1) is 0 Å². The molecule has 1 rings (SSSR count). The number of benzene rings is 1. The molecule has 0 aromatic heterocycles. The monoisotopic (exact) mass is 222 g/mol. The molecular formula is C13H22N2O. The molecule has 0 saturated heterocycles. The lowest BCUT2D eigenvalue weighted by molar-refractivity contribution is 0.318. The second kappa shape index (κ2) is 6.26. The summed E-state index contributed by atoms with van der Waals surface area (Å²) in [6.07, 6.45) is 1.00. The van der Waals surface area contributed by atoms with E-state index in [4.69, 9.17) is 10.5 Å². The van der Waals surface area contributed by atoms with Crippen LogP contribution in [0, 0.1) is 5.92 Å². The van der Waals surface area contributed by atoms with Gasteiger partial charge in [-0.2, -0.15) is 0 Å². The number of hydrogen-bond acceptors (Lipinski definition) is 3. The van der Waals surface area contributed by atoms with Crippen molar-refractivity contribution in [2.24, 2.45) is 5.92 Å². The molecular weight excluding hydrogens is 200 g/mol. The predicted molar refractivity (Wildman–Crippen MR) is 70.0 cm³/mol. The maximum atomic E-state index is 5.82. The SMILES string of the molecule is CCCOc1cc(N)cc(NCC(C)C)c1. The molecule has 0 unspecified atom stereocenters. The minimum absolute atomic E-state index is 0.612. The zero-order chi connectivity index (χ0) is 12.0. The Balaban J connectivity index is 2.65. The van der Waals surface area contributed by atoms with Gasteiger partial charge < -0.3 is 15.8 Å². The maximum absolute atomic E-state index is 5.82. The third kappa shape index (κ3) is 4.43. The van der Waals surface area contributed by atoms with E-state index in [9.17, 15) is 0 Å². The standard InChI is InChI=1S/C13H22N2O/c1-4-5-16-13-7-11(14)6-12(8-13)15-9-10(2)3/h6-8,10,15H,4-5,9,14H2,1-3H3. The fraction of sp³-hybridized carbons (Fsp3) is 0.538. The van der Waals surface area contributed by atoms with E-state index in [0.29, 0.717) is 5.92 Å². The normalized spacial score (nSPS) is 10.5. The van der Waals surface area contributed by atoms with Crippen LogP contribution in [-0.2, 0) is 0 Å². The highest BCUT2D eigenvalue weighted by atomic mass is 16.5. The van der Waals surface area contributed by atoms with Crippen LogP contribution in [0.5, 0.6) is 5.75 Å². The summed E-state index contributed by atoms with van der Waals surface area (Å²) < 4.78 is 5.56. The van der Waals surface area contributed by atoms with Gasteiger partial charge in [0.2, 0.25) is 0 Å². The van der Waals surface area contributed by atoms with E-state index in [2.05, 4.69) is 26.1 Å². The molecule has 3 nitrogen and oxygen atoms in total. The Labute approximate surface area is 98.0 Å². The molecule has 0 saturated carbocycles. The van der Waals surface area contributed by atoms with Gasteiger partial charge in [0.15, 0.2) is 0 Å². The molecule has 16 heavy (non-hydrogen) atoms. The molecule has 0 aliphatic carbocycles. The molecule has 3 N–H and O–H groups in total. The highest BCUT2D eigenvalue weighted by Gasteiger charge is 2.00. The van der Waals surface area contributed by atoms with E-state index in [1.807, 2.05) is 18.2 Å². The van der Waals surface area contributed by atoms with Gasteiger partial charge in [-0.05, 0) is 18.4 Å². The third-order valence-electron chi connectivity index (χ3n) is 2.12. The van der Waals surface area contributed by atoms with Gasteiger partial charge in [0.1, 0.15) is 5.75 Å². The quantitative estimate of drug-likeness (QED) is 0.727. The fourth-order valence-electron chi connectivity index (χ4n) is 1.35. The van der Waals surface area contributed by atoms with Gasteiger partial charge in [-0.3, -0.25) is 0 Å². The first-order valence-electron chi connectivity index (χ1n) is 5.89. The van der Waals surface area contributed by atoms with Crippen LogP contribution in [0.15, 0.2) is 18.2 Å². The number of anilines is 2. The second-order valence-corrected chi connectivity index (χ2v) is 4.41. The van der Waals surface area contributed by atoms with E-state index in [1.165, 1.54) is 0 Å². The van der Waals surface area contributed by atoms with Crippen LogP contribution in [-0.4, -0.2) is 13.2 Å². The molecule has 0 atom stereocenters. The van der Waals surface area contributed by atoms with Crippen LogP contribution in [0.2, 0.25) is 0 Å². The third-order valence-corrected chi connectivity index (χ3v) is 2.12. The van der Waals surface area contributed by atoms with Crippen molar-refractivity contribution >= 4 is 11.4 Å². The van der Waals surface area contributed by atoms with Crippen LogP contribution >= 0.6 is 0 Å². The van der Waals surface area contributed by atoms with Crippen molar-refractivity contribution in [1.82, 2.24) is 0 Å². The van der Waals surface area contributed by atoms with E-state index >= 15 is 0 Å². The Bertz CT molecular complexity index is 324. The Hall–Kier alpha value is -1.38. The Morgan fingerprint density at radius 1 is 1.31 bits per heavy atom. The maximum Gasteiger partial charge on any atom is 0.123 e. The molecule has 0 aliphatic heterocycles. The van der Waals surface area contributed by atoms with Crippen molar-refractivity contribution in [2.45, 2.75) is 27.2 Å². The molecule has 1 aromatic carbocycles. The van der Waals surface area contributed by atoms with Crippen molar-refractivity contribution in [2.75, 3.05) is 24.2 Å². The molecule has 1 aromatic rings. The first-order valence-corrected chi connectivity index (χ1v) is 5.89. The lowest BCUT2D eigenvalue weighted by Crippen LogP contribution is -2.08. The van der Waals surface area contributed by atoms with Gasteiger partial charge >= 0.3 is 0 Å². The molecule has 0 amide bonds. The van der Waals surface area contributed by atoms with Crippen molar-refractivity contribution in [3.8, 4) is 5.75 Å².